The molecule has 1 aromatic carbocycles. The number of benzene rings is 1. The number of hydrogen-bond donors (Lipinski definition) is 1. The van der Waals surface area contributed by atoms with Crippen LogP contribution in [-0.4, -0.2) is 23.9 Å². The van der Waals surface area contributed by atoms with E-state index in [1.807, 2.05) is 4.90 Å². The summed E-state index contributed by atoms with van der Waals surface area (Å²) in [5.74, 6) is 0.618. The van der Waals surface area contributed by atoms with Gasteiger partial charge in [0.25, 0.3) is 0 Å². The van der Waals surface area contributed by atoms with E-state index in [1.165, 1.54) is 5.56 Å². The van der Waals surface area contributed by atoms with Gasteiger partial charge in [0, 0.05) is 13.1 Å². The Balaban J connectivity index is 2.65. The molecule has 1 amide bonds. The Morgan fingerprint density at radius 2 is 1.89 bits per heavy atom. The van der Waals surface area contributed by atoms with Crippen molar-refractivity contribution < 1.29 is 4.79 Å². The lowest BCUT2D eigenvalue weighted by molar-refractivity contribution is -0.130. The first-order chi connectivity index (χ1) is 8.52. The SMILES string of the molecule is Cc1ccc(CN(CCC(C)C)C(=O)CN)cc1. The topological polar surface area (TPSA) is 46.3 Å². The molecule has 0 radical (unpaired) electrons. The quantitative estimate of drug-likeness (QED) is 0.840. The number of rotatable bonds is 6. The minimum absolute atomic E-state index is 0.0243. The van der Waals surface area contributed by atoms with Crippen molar-refractivity contribution >= 4 is 5.91 Å². The van der Waals surface area contributed by atoms with Gasteiger partial charge in [0.1, 0.15) is 0 Å². The first-order valence-corrected chi connectivity index (χ1v) is 6.56. The molecule has 2 N–H and O–H groups in total. The average molecular weight is 248 g/mol. The maximum absolute atomic E-state index is 11.8. The van der Waals surface area contributed by atoms with Gasteiger partial charge in [-0.25, -0.2) is 0 Å². The summed E-state index contributed by atoms with van der Waals surface area (Å²) < 4.78 is 0. The number of amides is 1. The standard InChI is InChI=1S/C15H24N2O/c1-12(2)8-9-17(15(18)10-16)11-14-6-4-13(3)5-7-14/h4-7,12H,8-11,16H2,1-3H3. The van der Waals surface area contributed by atoms with Gasteiger partial charge in [-0.1, -0.05) is 43.7 Å². The molecule has 0 aromatic heterocycles. The summed E-state index contributed by atoms with van der Waals surface area (Å²) >= 11 is 0. The maximum atomic E-state index is 11.8. The van der Waals surface area contributed by atoms with Gasteiger partial charge < -0.3 is 10.6 Å². The zero-order valence-corrected chi connectivity index (χ0v) is 11.6. The largest absolute Gasteiger partial charge is 0.337 e. The highest BCUT2D eigenvalue weighted by Crippen LogP contribution is 2.09. The van der Waals surface area contributed by atoms with Crippen LogP contribution in [0.5, 0.6) is 0 Å². The summed E-state index contributed by atoms with van der Waals surface area (Å²) in [4.78, 5) is 13.6. The second kappa shape index (κ2) is 7.17. The summed E-state index contributed by atoms with van der Waals surface area (Å²) in [6.45, 7) is 7.91. The third-order valence-corrected chi connectivity index (χ3v) is 3.00. The lowest BCUT2D eigenvalue weighted by atomic mass is 10.1. The molecule has 0 saturated heterocycles. The molecular formula is C15H24N2O. The van der Waals surface area contributed by atoms with Crippen molar-refractivity contribution in [1.82, 2.24) is 4.90 Å². The molecule has 3 nitrogen and oxygen atoms in total. The molecule has 0 saturated carbocycles. The molecule has 1 aromatic rings. The lowest BCUT2D eigenvalue weighted by Gasteiger charge is -2.23. The summed E-state index contributed by atoms with van der Waals surface area (Å²) in [6, 6.07) is 8.29. The molecule has 0 aliphatic carbocycles. The van der Waals surface area contributed by atoms with Crippen molar-refractivity contribution in [3.05, 3.63) is 35.4 Å². The van der Waals surface area contributed by atoms with Crippen LogP contribution in [0.4, 0.5) is 0 Å². The van der Waals surface area contributed by atoms with Crippen LogP contribution in [-0.2, 0) is 11.3 Å². The molecule has 0 fully saturated rings. The monoisotopic (exact) mass is 248 g/mol. The molecule has 100 valence electrons. The Labute approximate surface area is 110 Å². The summed E-state index contributed by atoms with van der Waals surface area (Å²) in [5.41, 5.74) is 7.86. The van der Waals surface area contributed by atoms with Crippen LogP contribution < -0.4 is 5.73 Å². The highest BCUT2D eigenvalue weighted by Gasteiger charge is 2.12. The Hall–Kier alpha value is -1.35. The molecule has 0 spiro atoms. The molecule has 0 heterocycles. The predicted octanol–water partition coefficient (Wildman–Crippen LogP) is 2.33. The molecule has 3 heteroatoms. The van der Waals surface area contributed by atoms with Crippen molar-refractivity contribution in [2.24, 2.45) is 11.7 Å². The lowest BCUT2D eigenvalue weighted by Crippen LogP contribution is -2.36. The van der Waals surface area contributed by atoms with Gasteiger partial charge in [-0.2, -0.15) is 0 Å². The highest BCUT2D eigenvalue weighted by atomic mass is 16.2. The normalized spacial score (nSPS) is 10.7. The van der Waals surface area contributed by atoms with Crippen LogP contribution in [0, 0.1) is 12.8 Å². The second-order valence-corrected chi connectivity index (χ2v) is 5.19. The fourth-order valence-electron chi connectivity index (χ4n) is 1.75. The minimum Gasteiger partial charge on any atom is -0.337 e. The molecular weight excluding hydrogens is 224 g/mol. The fourth-order valence-corrected chi connectivity index (χ4v) is 1.75. The van der Waals surface area contributed by atoms with Gasteiger partial charge in [0.15, 0.2) is 0 Å². The Kier molecular flexibility index (Phi) is 5.86. The number of carbonyl (C=O) groups is 1. The first kappa shape index (κ1) is 14.7. The van der Waals surface area contributed by atoms with E-state index in [0.717, 1.165) is 18.5 Å². The van der Waals surface area contributed by atoms with Crippen LogP contribution in [0.1, 0.15) is 31.4 Å². The van der Waals surface area contributed by atoms with Crippen LogP contribution in [0.2, 0.25) is 0 Å². The van der Waals surface area contributed by atoms with Gasteiger partial charge in [0.2, 0.25) is 5.91 Å². The van der Waals surface area contributed by atoms with Crippen molar-refractivity contribution in [3.63, 3.8) is 0 Å². The van der Waals surface area contributed by atoms with Gasteiger partial charge in [-0.3, -0.25) is 4.79 Å². The molecule has 1 rings (SSSR count). The van der Waals surface area contributed by atoms with Gasteiger partial charge in [-0.05, 0) is 24.8 Å². The van der Waals surface area contributed by atoms with Crippen molar-refractivity contribution in [2.75, 3.05) is 13.1 Å². The van der Waals surface area contributed by atoms with E-state index >= 15 is 0 Å². The highest BCUT2D eigenvalue weighted by molar-refractivity contribution is 5.78. The summed E-state index contributed by atoms with van der Waals surface area (Å²) in [5, 5.41) is 0. The van der Waals surface area contributed by atoms with Crippen molar-refractivity contribution in [2.45, 2.75) is 33.7 Å². The van der Waals surface area contributed by atoms with Crippen molar-refractivity contribution in [1.29, 1.82) is 0 Å². The van der Waals surface area contributed by atoms with Crippen LogP contribution in [0.15, 0.2) is 24.3 Å². The zero-order valence-electron chi connectivity index (χ0n) is 11.6. The molecule has 0 aliphatic rings. The predicted molar refractivity (Wildman–Crippen MR) is 75.1 cm³/mol. The van der Waals surface area contributed by atoms with Gasteiger partial charge in [-0.15, -0.1) is 0 Å². The Morgan fingerprint density at radius 1 is 1.28 bits per heavy atom. The summed E-state index contributed by atoms with van der Waals surface area (Å²) in [6.07, 6.45) is 1.01. The van der Waals surface area contributed by atoms with E-state index < -0.39 is 0 Å². The van der Waals surface area contributed by atoms with E-state index in [-0.39, 0.29) is 12.5 Å². The fraction of sp³-hybridized carbons (Fsp3) is 0.533. The number of aryl methyl sites for hydroxylation is 1. The van der Waals surface area contributed by atoms with E-state index in [9.17, 15) is 4.79 Å². The van der Waals surface area contributed by atoms with Crippen LogP contribution >= 0.6 is 0 Å². The van der Waals surface area contributed by atoms with Crippen LogP contribution in [0.25, 0.3) is 0 Å². The molecule has 18 heavy (non-hydrogen) atoms. The van der Waals surface area contributed by atoms with Crippen LogP contribution in [0.3, 0.4) is 0 Å². The Bertz CT molecular complexity index is 371. The third-order valence-electron chi connectivity index (χ3n) is 3.00. The molecule has 0 unspecified atom stereocenters. The number of nitrogens with two attached hydrogens (primary N) is 1. The van der Waals surface area contributed by atoms with E-state index in [1.54, 1.807) is 0 Å². The number of nitrogens with zero attached hydrogens (tertiary/aromatic N) is 1. The smallest absolute Gasteiger partial charge is 0.236 e. The number of carbonyl (C=O) groups excluding carboxylic acids is 1. The molecule has 0 aliphatic heterocycles. The Morgan fingerprint density at radius 3 is 2.39 bits per heavy atom. The van der Waals surface area contributed by atoms with Gasteiger partial charge >= 0.3 is 0 Å². The first-order valence-electron chi connectivity index (χ1n) is 6.56. The van der Waals surface area contributed by atoms with Gasteiger partial charge in [0.05, 0.1) is 6.54 Å². The molecule has 0 atom stereocenters. The van der Waals surface area contributed by atoms with E-state index in [4.69, 9.17) is 5.73 Å². The van der Waals surface area contributed by atoms with Crippen molar-refractivity contribution in [3.8, 4) is 0 Å². The maximum Gasteiger partial charge on any atom is 0.236 e. The number of hydrogen-bond acceptors (Lipinski definition) is 2. The molecule has 0 bridgehead atoms. The minimum atomic E-state index is 0.0243. The summed E-state index contributed by atoms with van der Waals surface area (Å²) in [7, 11) is 0. The van der Waals surface area contributed by atoms with E-state index in [2.05, 4.69) is 45.0 Å². The average Bonchev–Trinajstić information content (AvgIpc) is 2.35. The second-order valence-electron chi connectivity index (χ2n) is 5.19. The third kappa shape index (κ3) is 4.88. The van der Waals surface area contributed by atoms with E-state index in [0.29, 0.717) is 12.5 Å². The zero-order chi connectivity index (χ0) is 13.5.